The molecule has 5 heterocycles. The maximum atomic E-state index is 11.8. The van der Waals surface area contributed by atoms with E-state index in [1.807, 2.05) is 36.4 Å². The molecule has 0 spiro atoms. The van der Waals surface area contributed by atoms with E-state index in [4.69, 9.17) is 33.2 Å². The molecule has 96 heavy (non-hydrogen) atoms. The Morgan fingerprint density at radius 3 is 1.79 bits per heavy atom. The van der Waals surface area contributed by atoms with E-state index in [-0.39, 0.29) is 59.0 Å². The van der Waals surface area contributed by atoms with Crippen LogP contribution in [0.15, 0.2) is 192 Å². The summed E-state index contributed by atoms with van der Waals surface area (Å²) in [7, 11) is 4.43. The molecular formula is C84H99N2O10+. The predicted octanol–water partition coefficient (Wildman–Crippen LogP) is 19.0. The molecule has 5 aliphatic heterocycles. The SMILES string of the molecule is CCCC1CC(CC(O)CCCC2CC(CCCC3CC(CC)OC(c4cccc(O)c4)O3)OC(c3cccc(O)c3)O2)OC(c2cccc(OCCC3=C(/C=C/C4=[N+](C)c5ccc6ccccc6c5C4(C)C)CC/C3=C\C=C3\N(C)c4ccc5ccccc5c4C3(C)C)c2)O1. The van der Waals surface area contributed by atoms with E-state index in [1.54, 1.807) is 24.3 Å². The Bertz CT molecular complexity index is 4080. The van der Waals surface area contributed by atoms with Crippen molar-refractivity contribution in [3.63, 3.8) is 0 Å². The van der Waals surface area contributed by atoms with Crippen molar-refractivity contribution in [2.24, 2.45) is 0 Å². The molecule has 0 radical (unpaired) electrons. The molecule has 10 unspecified atom stereocenters. The Labute approximate surface area is 568 Å². The number of benzene rings is 7. The fraction of sp³-hybridized carbons (Fsp3) is 0.440. The summed E-state index contributed by atoms with van der Waals surface area (Å²) in [6.07, 6.45) is 19.9. The maximum absolute atomic E-state index is 11.8. The Morgan fingerprint density at radius 1 is 0.583 bits per heavy atom. The number of nitrogens with zero attached hydrogens (tertiary/aromatic N) is 2. The lowest BCUT2D eigenvalue weighted by Gasteiger charge is -2.38. The first-order valence-electron chi connectivity index (χ1n) is 35.6. The van der Waals surface area contributed by atoms with Crippen molar-refractivity contribution in [2.75, 3.05) is 25.6 Å². The van der Waals surface area contributed by atoms with Gasteiger partial charge in [0.15, 0.2) is 24.6 Å². The summed E-state index contributed by atoms with van der Waals surface area (Å²) < 4.78 is 48.7. The minimum Gasteiger partial charge on any atom is -0.508 e. The highest BCUT2D eigenvalue weighted by molar-refractivity contribution is 6.07. The number of fused-ring (bicyclic) bond motifs is 6. The standard InChI is InChI=1S/C84H98N2O10/c1-9-20-66-53-70(50-63(89)28-18-30-68-52-69(95-81(94-68)59-24-16-27-62(88)48-59)32-19-31-67-51-64(10-2)91-80(93-67)58-23-15-26-61(87)47-58)96-82(92-66)60-25-17-29-65(49-60)90-46-45-71-56(39-43-76-83(3,4)78-72-33-13-11-21-54(72)37-41-74(78)85(76)7)35-36-57(71)40-44-77-84(5,6)79-73-34-14-12-22-55(73)38-42-75(79)86(77)8/h11-17,21-27,29,33-34,37-44,47-49,63-64,66-70,80-82,89H,9-10,18-20,28,30-32,35-36,45-46,50-53H2,1-8H3,(H-,87,88)/p+1. The summed E-state index contributed by atoms with van der Waals surface area (Å²) in [5, 5.41) is 37.6. The average molecular weight is 1300 g/mol. The Balaban J connectivity index is 0.662. The summed E-state index contributed by atoms with van der Waals surface area (Å²) >= 11 is 0. The van der Waals surface area contributed by atoms with Crippen LogP contribution in [-0.4, -0.2) is 89.0 Å². The lowest BCUT2D eigenvalue weighted by molar-refractivity contribution is -0.401. The van der Waals surface area contributed by atoms with E-state index in [0.717, 1.165) is 112 Å². The molecule has 7 aromatic rings. The molecule has 7 aromatic carbocycles. The quantitative estimate of drug-likeness (QED) is 0.0529. The first-order chi connectivity index (χ1) is 46.5. The van der Waals surface area contributed by atoms with Crippen LogP contribution in [0.1, 0.15) is 191 Å². The molecule has 12 nitrogen and oxygen atoms in total. The summed E-state index contributed by atoms with van der Waals surface area (Å²) in [5.74, 6) is 1.13. The Kier molecular flexibility index (Phi) is 20.5. The van der Waals surface area contributed by atoms with Crippen molar-refractivity contribution in [3.05, 3.63) is 220 Å². The van der Waals surface area contributed by atoms with Crippen molar-refractivity contribution in [2.45, 2.75) is 217 Å². The summed E-state index contributed by atoms with van der Waals surface area (Å²) in [6, 6.07) is 49.1. The number of likely N-dealkylation sites (N-methyl/N-ethyl adjacent to an activating group) is 1. The Morgan fingerprint density at radius 2 is 1.15 bits per heavy atom. The lowest BCUT2D eigenvalue weighted by Crippen LogP contribution is -2.36. The van der Waals surface area contributed by atoms with Crippen molar-refractivity contribution >= 4 is 38.6 Å². The summed E-state index contributed by atoms with van der Waals surface area (Å²) in [4.78, 5) is 2.39. The monoisotopic (exact) mass is 1300 g/mol. The van der Waals surface area contributed by atoms with Gasteiger partial charge in [-0.25, -0.2) is 0 Å². The second kappa shape index (κ2) is 29.4. The van der Waals surface area contributed by atoms with Crippen molar-refractivity contribution in [3.8, 4) is 17.2 Å². The normalized spacial score (nSPS) is 26.0. The number of aromatic hydroxyl groups is 2. The molecule has 504 valence electrons. The van der Waals surface area contributed by atoms with Gasteiger partial charge in [0.05, 0.1) is 54.7 Å². The van der Waals surface area contributed by atoms with Gasteiger partial charge in [-0.3, -0.25) is 0 Å². The molecule has 3 fully saturated rings. The van der Waals surface area contributed by atoms with Crippen LogP contribution in [0.2, 0.25) is 0 Å². The van der Waals surface area contributed by atoms with Crippen molar-refractivity contribution in [1.29, 1.82) is 0 Å². The fourth-order valence-corrected chi connectivity index (χ4v) is 16.5. The highest BCUT2D eigenvalue weighted by Gasteiger charge is 2.45. The zero-order valence-corrected chi connectivity index (χ0v) is 57.6. The van der Waals surface area contributed by atoms with Gasteiger partial charge in [0, 0.05) is 83.9 Å². The zero-order chi connectivity index (χ0) is 66.7. The molecule has 0 saturated carbocycles. The van der Waals surface area contributed by atoms with Crippen LogP contribution in [-0.2, 0) is 39.3 Å². The number of aliphatic hydroxyl groups excluding tert-OH is 1. The Hall–Kier alpha value is -7.39. The molecule has 12 heteroatoms. The van der Waals surface area contributed by atoms with Crippen LogP contribution in [0.4, 0.5) is 11.4 Å². The van der Waals surface area contributed by atoms with Crippen molar-refractivity contribution < 1.29 is 53.1 Å². The number of hydrogen-bond acceptors (Lipinski definition) is 11. The fourth-order valence-electron chi connectivity index (χ4n) is 16.5. The molecule has 1 aliphatic carbocycles. The largest absolute Gasteiger partial charge is 0.508 e. The highest BCUT2D eigenvalue weighted by Crippen LogP contribution is 2.51. The van der Waals surface area contributed by atoms with Gasteiger partial charge < -0.3 is 53.4 Å². The molecule has 13 rings (SSSR count). The van der Waals surface area contributed by atoms with Gasteiger partial charge in [0.2, 0.25) is 5.69 Å². The number of aliphatic hydroxyl groups is 1. The van der Waals surface area contributed by atoms with Crippen LogP contribution in [0.5, 0.6) is 17.2 Å². The second-order valence-corrected chi connectivity index (χ2v) is 28.8. The average Bonchev–Trinajstić information content (AvgIpc) is 1.58. The topological polar surface area (TPSA) is 132 Å². The lowest BCUT2D eigenvalue weighted by atomic mass is 9.79. The van der Waals surface area contributed by atoms with Gasteiger partial charge in [0.1, 0.15) is 24.3 Å². The zero-order valence-electron chi connectivity index (χ0n) is 57.6. The molecule has 3 saturated heterocycles. The molecule has 0 bridgehead atoms. The van der Waals surface area contributed by atoms with E-state index in [2.05, 4.69) is 174 Å². The van der Waals surface area contributed by atoms with E-state index in [0.29, 0.717) is 19.4 Å². The van der Waals surface area contributed by atoms with E-state index in [9.17, 15) is 15.3 Å². The third-order valence-electron chi connectivity index (χ3n) is 21.3. The number of allylic oxidation sites excluding steroid dienone is 7. The van der Waals surface area contributed by atoms with Crippen LogP contribution in [0.3, 0.4) is 0 Å². The van der Waals surface area contributed by atoms with Crippen molar-refractivity contribution in [1.82, 2.24) is 0 Å². The van der Waals surface area contributed by atoms with Gasteiger partial charge in [-0.15, -0.1) is 0 Å². The van der Waals surface area contributed by atoms with Crippen LogP contribution in [0.25, 0.3) is 21.5 Å². The van der Waals surface area contributed by atoms with E-state index in [1.165, 1.54) is 72.2 Å². The maximum Gasteiger partial charge on any atom is 0.210 e. The predicted molar refractivity (Wildman–Crippen MR) is 382 cm³/mol. The number of ether oxygens (including phenoxy) is 7. The van der Waals surface area contributed by atoms with E-state index >= 15 is 0 Å². The number of phenolic OH excluding ortho intramolecular Hbond substituents is 2. The van der Waals surface area contributed by atoms with Crippen LogP contribution < -0.4 is 9.64 Å². The van der Waals surface area contributed by atoms with Crippen LogP contribution >= 0.6 is 0 Å². The van der Waals surface area contributed by atoms with E-state index < -0.39 is 25.0 Å². The minimum absolute atomic E-state index is 0.00590. The molecule has 3 N–H and O–H groups in total. The van der Waals surface area contributed by atoms with Gasteiger partial charge in [-0.05, 0) is 183 Å². The first kappa shape index (κ1) is 67.2. The van der Waals surface area contributed by atoms with Gasteiger partial charge in [-0.1, -0.05) is 137 Å². The number of anilines is 1. The third-order valence-corrected chi connectivity index (χ3v) is 21.3. The molecule has 0 aromatic heterocycles. The van der Waals surface area contributed by atoms with Gasteiger partial charge >= 0.3 is 0 Å². The third kappa shape index (κ3) is 14.6. The highest BCUT2D eigenvalue weighted by atomic mass is 16.7. The summed E-state index contributed by atoms with van der Waals surface area (Å²) in [5.41, 5.74) is 14.0. The first-order valence-corrected chi connectivity index (χ1v) is 35.6. The number of hydrogen-bond donors (Lipinski definition) is 3. The number of phenols is 2. The summed E-state index contributed by atoms with van der Waals surface area (Å²) in [6.45, 7) is 14.3. The molecule has 0 amide bonds. The molecule has 6 aliphatic rings. The molecule has 10 atom stereocenters. The minimum atomic E-state index is -0.614. The smallest absolute Gasteiger partial charge is 0.210 e. The van der Waals surface area contributed by atoms with Crippen LogP contribution in [0, 0.1) is 0 Å². The second-order valence-electron chi connectivity index (χ2n) is 28.8. The molecular weight excluding hydrogens is 1200 g/mol. The van der Waals surface area contributed by atoms with Gasteiger partial charge in [-0.2, -0.15) is 4.58 Å². The number of rotatable bonds is 23. The van der Waals surface area contributed by atoms with Gasteiger partial charge in [0.25, 0.3) is 0 Å².